The molecular weight excluding hydrogens is 269 g/mol. The molecule has 1 amide bonds. The molecule has 0 aliphatic heterocycles. The lowest BCUT2D eigenvalue weighted by molar-refractivity contribution is 0.0947. The number of methoxy groups -OCH3 is 1. The van der Waals surface area contributed by atoms with E-state index in [1.54, 1.807) is 31.2 Å². The highest BCUT2D eigenvalue weighted by molar-refractivity contribution is 5.97. The van der Waals surface area contributed by atoms with Crippen LogP contribution < -0.4 is 10.1 Å². The summed E-state index contributed by atoms with van der Waals surface area (Å²) in [4.78, 5) is 12.2. The molecule has 0 aliphatic carbocycles. The first-order chi connectivity index (χ1) is 10.0. The van der Waals surface area contributed by atoms with Gasteiger partial charge in [0.25, 0.3) is 5.91 Å². The Morgan fingerprint density at radius 1 is 1.19 bits per heavy atom. The van der Waals surface area contributed by atoms with Crippen molar-refractivity contribution in [3.05, 3.63) is 64.5 Å². The first-order valence-corrected chi connectivity index (χ1v) is 6.69. The van der Waals surface area contributed by atoms with E-state index in [1.807, 2.05) is 13.0 Å². The van der Waals surface area contributed by atoms with E-state index in [-0.39, 0.29) is 18.3 Å². The molecule has 0 bridgehead atoms. The van der Waals surface area contributed by atoms with Crippen molar-refractivity contribution in [3.8, 4) is 5.75 Å². The molecule has 0 saturated carbocycles. The third-order valence-corrected chi connectivity index (χ3v) is 3.29. The number of halogens is 1. The van der Waals surface area contributed by atoms with Crippen LogP contribution in [0.1, 0.15) is 27.0 Å². The fourth-order valence-corrected chi connectivity index (χ4v) is 2.02. The van der Waals surface area contributed by atoms with Gasteiger partial charge in [0.15, 0.2) is 0 Å². The van der Waals surface area contributed by atoms with E-state index in [2.05, 4.69) is 5.32 Å². The molecule has 0 atom stereocenters. The molecule has 21 heavy (non-hydrogen) atoms. The van der Waals surface area contributed by atoms with Crippen LogP contribution in [0.4, 0.5) is 4.39 Å². The maximum atomic E-state index is 13.5. The summed E-state index contributed by atoms with van der Waals surface area (Å²) in [6.45, 7) is 3.88. The number of hydrogen-bond donors (Lipinski definition) is 1. The molecule has 0 aromatic heterocycles. The highest BCUT2D eigenvalue weighted by Gasteiger charge is 2.12. The highest BCUT2D eigenvalue weighted by atomic mass is 19.1. The summed E-state index contributed by atoms with van der Waals surface area (Å²) in [5.41, 5.74) is 2.76. The predicted molar refractivity (Wildman–Crippen MR) is 80.0 cm³/mol. The average molecular weight is 287 g/mol. The van der Waals surface area contributed by atoms with Crippen LogP contribution in [0.3, 0.4) is 0 Å². The molecule has 3 nitrogen and oxygen atoms in total. The first kappa shape index (κ1) is 15.0. The molecule has 0 spiro atoms. The van der Waals surface area contributed by atoms with Crippen LogP contribution in [0.25, 0.3) is 0 Å². The Kier molecular flexibility index (Phi) is 4.58. The molecule has 0 heterocycles. The third kappa shape index (κ3) is 3.60. The number of aryl methyl sites for hydroxylation is 2. The zero-order chi connectivity index (χ0) is 15.4. The summed E-state index contributed by atoms with van der Waals surface area (Å²) < 4.78 is 18.7. The lowest BCUT2D eigenvalue weighted by Gasteiger charge is -2.10. The van der Waals surface area contributed by atoms with E-state index in [9.17, 15) is 9.18 Å². The number of nitrogens with one attached hydrogen (secondary N) is 1. The number of rotatable bonds is 4. The molecule has 1 N–H and O–H groups in total. The van der Waals surface area contributed by atoms with Gasteiger partial charge in [0.2, 0.25) is 0 Å². The lowest BCUT2D eigenvalue weighted by Crippen LogP contribution is -2.23. The van der Waals surface area contributed by atoms with Crippen molar-refractivity contribution in [2.45, 2.75) is 20.4 Å². The fraction of sp³-hybridized carbons (Fsp3) is 0.235. The Morgan fingerprint density at radius 3 is 2.62 bits per heavy atom. The van der Waals surface area contributed by atoms with Crippen LogP contribution in [-0.4, -0.2) is 13.0 Å². The minimum atomic E-state index is -0.269. The van der Waals surface area contributed by atoms with Gasteiger partial charge in [-0.25, -0.2) is 4.39 Å². The number of hydrogen-bond acceptors (Lipinski definition) is 2. The van der Waals surface area contributed by atoms with Crippen LogP contribution >= 0.6 is 0 Å². The molecular formula is C17H18FNO2. The smallest absolute Gasteiger partial charge is 0.255 e. The molecule has 0 radical (unpaired) electrons. The Bertz CT molecular complexity index is 668. The van der Waals surface area contributed by atoms with Crippen molar-refractivity contribution in [2.24, 2.45) is 0 Å². The monoisotopic (exact) mass is 287 g/mol. The number of carbonyl (C=O) groups excluding carboxylic acids is 1. The number of benzene rings is 2. The van der Waals surface area contributed by atoms with Gasteiger partial charge >= 0.3 is 0 Å². The topological polar surface area (TPSA) is 38.3 Å². The molecule has 2 rings (SSSR count). The van der Waals surface area contributed by atoms with E-state index >= 15 is 0 Å². The van der Waals surface area contributed by atoms with Crippen LogP contribution in [0, 0.1) is 19.7 Å². The van der Waals surface area contributed by atoms with Gasteiger partial charge in [-0.15, -0.1) is 0 Å². The molecule has 0 unspecified atom stereocenters. The predicted octanol–water partition coefficient (Wildman–Crippen LogP) is 3.38. The van der Waals surface area contributed by atoms with Gasteiger partial charge < -0.3 is 10.1 Å². The fourth-order valence-electron chi connectivity index (χ4n) is 2.02. The zero-order valence-corrected chi connectivity index (χ0v) is 12.4. The largest absolute Gasteiger partial charge is 0.496 e. The molecule has 0 fully saturated rings. The highest BCUT2D eigenvalue weighted by Crippen LogP contribution is 2.19. The van der Waals surface area contributed by atoms with E-state index in [0.29, 0.717) is 16.9 Å². The van der Waals surface area contributed by atoms with Crippen LogP contribution in [0.5, 0.6) is 5.75 Å². The van der Waals surface area contributed by atoms with Crippen molar-refractivity contribution in [2.75, 3.05) is 7.11 Å². The summed E-state index contributed by atoms with van der Waals surface area (Å²) in [5.74, 6) is 0.0135. The van der Waals surface area contributed by atoms with Gasteiger partial charge in [-0.2, -0.15) is 0 Å². The van der Waals surface area contributed by atoms with Gasteiger partial charge in [-0.3, -0.25) is 4.79 Å². The van der Waals surface area contributed by atoms with Gasteiger partial charge in [-0.1, -0.05) is 23.8 Å². The van der Waals surface area contributed by atoms with Crippen LogP contribution in [0.2, 0.25) is 0 Å². The Balaban J connectivity index is 2.11. The molecule has 2 aromatic rings. The summed E-state index contributed by atoms with van der Waals surface area (Å²) in [5, 5.41) is 2.78. The number of amides is 1. The van der Waals surface area contributed by atoms with Gasteiger partial charge in [0.05, 0.1) is 12.7 Å². The van der Waals surface area contributed by atoms with Crippen molar-refractivity contribution in [3.63, 3.8) is 0 Å². The SMILES string of the molecule is COc1ccc(C)cc1C(=O)NCc1ccc(C)c(F)c1. The van der Waals surface area contributed by atoms with Crippen molar-refractivity contribution in [1.82, 2.24) is 5.32 Å². The van der Waals surface area contributed by atoms with Crippen molar-refractivity contribution in [1.29, 1.82) is 0 Å². The van der Waals surface area contributed by atoms with E-state index in [4.69, 9.17) is 4.74 Å². The Morgan fingerprint density at radius 2 is 1.95 bits per heavy atom. The Hall–Kier alpha value is -2.36. The first-order valence-electron chi connectivity index (χ1n) is 6.69. The van der Waals surface area contributed by atoms with Gasteiger partial charge in [0.1, 0.15) is 11.6 Å². The van der Waals surface area contributed by atoms with E-state index < -0.39 is 0 Å². The molecule has 4 heteroatoms. The van der Waals surface area contributed by atoms with E-state index in [0.717, 1.165) is 11.1 Å². The van der Waals surface area contributed by atoms with E-state index in [1.165, 1.54) is 13.2 Å². The number of carbonyl (C=O) groups is 1. The average Bonchev–Trinajstić information content (AvgIpc) is 2.48. The van der Waals surface area contributed by atoms with Crippen molar-refractivity contribution >= 4 is 5.91 Å². The second-order valence-corrected chi connectivity index (χ2v) is 4.97. The third-order valence-electron chi connectivity index (χ3n) is 3.29. The molecule has 110 valence electrons. The molecule has 0 saturated heterocycles. The second-order valence-electron chi connectivity index (χ2n) is 4.97. The van der Waals surface area contributed by atoms with Crippen molar-refractivity contribution < 1.29 is 13.9 Å². The summed E-state index contributed by atoms with van der Waals surface area (Å²) in [6, 6.07) is 10.3. The minimum absolute atomic E-state index is 0.239. The summed E-state index contributed by atoms with van der Waals surface area (Å²) >= 11 is 0. The molecule has 2 aromatic carbocycles. The quantitative estimate of drug-likeness (QED) is 0.936. The zero-order valence-electron chi connectivity index (χ0n) is 12.4. The Labute approximate surface area is 123 Å². The maximum Gasteiger partial charge on any atom is 0.255 e. The normalized spacial score (nSPS) is 10.3. The van der Waals surface area contributed by atoms with Gasteiger partial charge in [-0.05, 0) is 43.2 Å². The number of ether oxygens (including phenoxy) is 1. The standard InChI is InChI=1S/C17H18FNO2/c1-11-4-7-16(21-3)14(8-11)17(20)19-10-13-6-5-12(2)15(18)9-13/h4-9H,10H2,1-3H3,(H,19,20). The summed E-state index contributed by atoms with van der Waals surface area (Å²) in [6.07, 6.45) is 0. The lowest BCUT2D eigenvalue weighted by atomic mass is 10.1. The maximum absolute atomic E-state index is 13.5. The van der Waals surface area contributed by atoms with Gasteiger partial charge in [0, 0.05) is 6.54 Å². The van der Waals surface area contributed by atoms with Crippen LogP contribution in [-0.2, 0) is 6.54 Å². The summed E-state index contributed by atoms with van der Waals surface area (Å²) in [7, 11) is 1.52. The minimum Gasteiger partial charge on any atom is -0.496 e. The second kappa shape index (κ2) is 6.39. The van der Waals surface area contributed by atoms with Crippen LogP contribution in [0.15, 0.2) is 36.4 Å². The molecule has 0 aliphatic rings.